The Bertz CT molecular complexity index is 753. The zero-order valence-electron chi connectivity index (χ0n) is 13.9. The Balaban J connectivity index is 1.96. The average Bonchev–Trinajstić information content (AvgIpc) is 2.92. The molecular weight excluding hydrogens is 302 g/mol. The fourth-order valence-corrected chi connectivity index (χ4v) is 4.84. The van der Waals surface area contributed by atoms with Crippen LogP contribution in [0, 0.1) is 5.92 Å². The Morgan fingerprint density at radius 1 is 1.46 bits per heavy atom. The first-order chi connectivity index (χ1) is 11.5. The van der Waals surface area contributed by atoms with Gasteiger partial charge in [0.05, 0.1) is 0 Å². The fourth-order valence-electron chi connectivity index (χ4n) is 4.84. The van der Waals surface area contributed by atoms with Gasteiger partial charge in [0.25, 0.3) is 0 Å². The average molecular weight is 325 g/mol. The van der Waals surface area contributed by atoms with Crippen molar-refractivity contribution in [1.29, 1.82) is 0 Å². The van der Waals surface area contributed by atoms with E-state index < -0.39 is 12.2 Å². The van der Waals surface area contributed by atoms with Gasteiger partial charge in [-0.25, -0.2) is 0 Å². The Hall–Kier alpha value is -2.20. The van der Waals surface area contributed by atoms with Crippen LogP contribution in [0.2, 0.25) is 0 Å². The maximum absolute atomic E-state index is 10.6. The molecule has 24 heavy (non-hydrogen) atoms. The second-order valence-corrected chi connectivity index (χ2v) is 6.96. The number of hydrogen-bond acceptors (Lipinski definition) is 4. The van der Waals surface area contributed by atoms with Crippen molar-refractivity contribution >= 4 is 6.08 Å². The second kappa shape index (κ2) is 5.15. The van der Waals surface area contributed by atoms with E-state index in [0.717, 1.165) is 30.6 Å². The predicted octanol–water partition coefficient (Wildman–Crippen LogP) is 2.82. The normalized spacial score (nSPS) is 30.9. The number of aromatic hydroxyl groups is 1. The fraction of sp³-hybridized carbons (Fsp3) is 0.400. The summed E-state index contributed by atoms with van der Waals surface area (Å²) in [6, 6.07) is 3.61. The third-order valence-corrected chi connectivity index (χ3v) is 5.97. The number of rotatable bonds is 4. The molecule has 1 spiro atoms. The van der Waals surface area contributed by atoms with Gasteiger partial charge in [-0.3, -0.25) is 0 Å². The van der Waals surface area contributed by atoms with Crippen LogP contribution in [0.1, 0.15) is 24.5 Å². The van der Waals surface area contributed by atoms with E-state index in [1.54, 1.807) is 6.07 Å². The van der Waals surface area contributed by atoms with Crippen molar-refractivity contribution in [3.63, 3.8) is 0 Å². The number of benzene rings is 1. The minimum absolute atomic E-state index is 0.143. The summed E-state index contributed by atoms with van der Waals surface area (Å²) in [5, 5.41) is 20.9. The topological polar surface area (TPSA) is 52.9 Å². The highest BCUT2D eigenvalue weighted by Gasteiger charge is 2.60. The van der Waals surface area contributed by atoms with E-state index in [-0.39, 0.29) is 17.1 Å². The summed E-state index contributed by atoms with van der Waals surface area (Å²) in [7, 11) is 0. The largest absolute Gasteiger partial charge is 0.504 e. The van der Waals surface area contributed by atoms with E-state index in [2.05, 4.69) is 31.1 Å². The number of phenols is 1. The van der Waals surface area contributed by atoms with E-state index in [0.29, 0.717) is 5.75 Å². The Labute approximate surface area is 142 Å². The lowest BCUT2D eigenvalue weighted by atomic mass is 9.58. The first-order valence-corrected chi connectivity index (χ1v) is 8.45. The van der Waals surface area contributed by atoms with Crippen LogP contribution in [0.25, 0.3) is 6.08 Å². The number of allylic oxidation sites excluding steroid dienone is 1. The molecule has 2 N–H and O–H groups in total. The molecule has 4 nitrogen and oxygen atoms in total. The summed E-state index contributed by atoms with van der Waals surface area (Å²) in [5.41, 5.74) is 3.03. The number of aliphatic hydroxyl groups excluding tert-OH is 1. The molecule has 1 fully saturated rings. The molecule has 0 aromatic heterocycles. The molecule has 1 saturated heterocycles. The summed E-state index contributed by atoms with van der Waals surface area (Å²) in [6.45, 7) is 11.5. The van der Waals surface area contributed by atoms with Gasteiger partial charge in [0.1, 0.15) is 12.2 Å². The minimum Gasteiger partial charge on any atom is -0.504 e. The molecule has 4 rings (SSSR count). The van der Waals surface area contributed by atoms with Crippen LogP contribution in [-0.2, 0) is 5.41 Å². The number of nitrogens with zero attached hydrogens (tertiary/aromatic N) is 1. The van der Waals surface area contributed by atoms with Gasteiger partial charge in [-0.2, -0.15) is 0 Å². The monoisotopic (exact) mass is 325 g/mol. The van der Waals surface area contributed by atoms with Crippen molar-refractivity contribution in [3.8, 4) is 11.5 Å². The van der Waals surface area contributed by atoms with Crippen molar-refractivity contribution in [1.82, 2.24) is 4.90 Å². The number of phenolic OH excluding ortho intramolecular Hbond substituents is 1. The first-order valence-electron chi connectivity index (χ1n) is 8.45. The second-order valence-electron chi connectivity index (χ2n) is 6.96. The molecule has 4 unspecified atom stereocenters. The summed E-state index contributed by atoms with van der Waals surface area (Å²) >= 11 is 0. The van der Waals surface area contributed by atoms with Crippen molar-refractivity contribution in [3.05, 3.63) is 54.3 Å². The van der Waals surface area contributed by atoms with Gasteiger partial charge in [-0.05, 0) is 24.1 Å². The highest BCUT2D eigenvalue weighted by Crippen LogP contribution is 2.61. The van der Waals surface area contributed by atoms with E-state index in [1.807, 2.05) is 12.1 Å². The van der Waals surface area contributed by atoms with Gasteiger partial charge in [0, 0.05) is 35.7 Å². The maximum Gasteiger partial charge on any atom is 0.166 e. The van der Waals surface area contributed by atoms with Gasteiger partial charge in [0.2, 0.25) is 0 Å². The summed E-state index contributed by atoms with van der Waals surface area (Å²) in [6.07, 6.45) is 5.29. The molecule has 1 aromatic rings. The van der Waals surface area contributed by atoms with Crippen LogP contribution in [0.5, 0.6) is 11.5 Å². The first kappa shape index (κ1) is 15.3. The molecule has 0 amide bonds. The summed E-state index contributed by atoms with van der Waals surface area (Å²) < 4.78 is 6.11. The highest BCUT2D eigenvalue weighted by atomic mass is 16.5. The molecule has 2 bridgehead atoms. The molecule has 2 aliphatic heterocycles. The molecule has 4 heteroatoms. The van der Waals surface area contributed by atoms with Crippen LogP contribution < -0.4 is 4.74 Å². The van der Waals surface area contributed by atoms with Crippen molar-refractivity contribution in [2.45, 2.75) is 31.0 Å². The quantitative estimate of drug-likeness (QED) is 0.836. The number of hydrogen-bond donors (Lipinski definition) is 2. The van der Waals surface area contributed by atoms with Gasteiger partial charge in [-0.15, -0.1) is 13.2 Å². The third-order valence-electron chi connectivity index (χ3n) is 5.97. The van der Waals surface area contributed by atoms with Gasteiger partial charge >= 0.3 is 0 Å². The zero-order chi connectivity index (χ0) is 17.1. The number of ether oxygens (including phenoxy) is 1. The Morgan fingerprint density at radius 3 is 2.96 bits per heavy atom. The molecule has 1 aromatic carbocycles. The minimum atomic E-state index is -0.780. The standard InChI is InChI=1S/C20H23NO3/c1-4-9-21-10-8-20-12(3)14(21)11-13-6-7-16(23)18(17(13)20)24-19(20)15(22)5-2/h4-7,11-12,15,19,22-23H,1-2,8-10H2,3H3. The lowest BCUT2D eigenvalue weighted by molar-refractivity contribution is -0.00544. The summed E-state index contributed by atoms with van der Waals surface area (Å²) in [5.74, 6) is 0.850. The number of aliphatic hydroxyl groups is 1. The number of fused-ring (bicyclic) bond motifs is 1. The lowest BCUT2D eigenvalue weighted by Gasteiger charge is -2.52. The van der Waals surface area contributed by atoms with Crippen molar-refractivity contribution < 1.29 is 14.9 Å². The predicted molar refractivity (Wildman–Crippen MR) is 93.9 cm³/mol. The third kappa shape index (κ3) is 1.72. The number of piperidine rings is 1. The molecule has 0 saturated carbocycles. The van der Waals surface area contributed by atoms with Crippen LogP contribution in [0.4, 0.5) is 0 Å². The molecule has 2 heterocycles. The zero-order valence-corrected chi connectivity index (χ0v) is 13.9. The molecule has 4 atom stereocenters. The Kier molecular flexibility index (Phi) is 3.29. The van der Waals surface area contributed by atoms with Gasteiger partial charge in [-0.1, -0.05) is 25.1 Å². The highest BCUT2D eigenvalue weighted by molar-refractivity contribution is 5.72. The van der Waals surface area contributed by atoms with E-state index in [9.17, 15) is 10.2 Å². The molecule has 1 aliphatic carbocycles. The van der Waals surface area contributed by atoms with Crippen molar-refractivity contribution in [2.24, 2.45) is 5.92 Å². The summed E-state index contributed by atoms with van der Waals surface area (Å²) in [4.78, 5) is 2.34. The SMILES string of the molecule is C=CCN1CCC23c4c(ccc(O)c4OC2C(O)C=C)C=C1C3C. The smallest absolute Gasteiger partial charge is 0.166 e. The van der Waals surface area contributed by atoms with Crippen molar-refractivity contribution in [2.75, 3.05) is 13.1 Å². The molecule has 126 valence electrons. The van der Waals surface area contributed by atoms with Crippen LogP contribution in [0.15, 0.2) is 43.1 Å². The molecule has 0 radical (unpaired) electrons. The van der Waals surface area contributed by atoms with Crippen LogP contribution in [0.3, 0.4) is 0 Å². The van der Waals surface area contributed by atoms with E-state index in [1.165, 1.54) is 11.8 Å². The Morgan fingerprint density at radius 2 is 2.25 bits per heavy atom. The molecule has 3 aliphatic rings. The lowest BCUT2D eigenvalue weighted by Crippen LogP contribution is -2.57. The maximum atomic E-state index is 10.6. The van der Waals surface area contributed by atoms with E-state index >= 15 is 0 Å². The van der Waals surface area contributed by atoms with Gasteiger partial charge in [0.15, 0.2) is 11.5 Å². The van der Waals surface area contributed by atoms with Crippen LogP contribution in [-0.4, -0.2) is 40.4 Å². The number of likely N-dealkylation sites (tertiary alicyclic amines) is 1. The molecular formula is C20H23NO3. The van der Waals surface area contributed by atoms with E-state index in [4.69, 9.17) is 4.74 Å². The van der Waals surface area contributed by atoms with Crippen LogP contribution >= 0.6 is 0 Å². The van der Waals surface area contributed by atoms with Gasteiger partial charge < -0.3 is 19.8 Å².